The second-order valence-electron chi connectivity index (χ2n) is 5.44. The Hall–Kier alpha value is -3.92. The summed E-state index contributed by atoms with van der Waals surface area (Å²) in [6.07, 6.45) is 0. The second-order valence-corrected chi connectivity index (χ2v) is 5.44. The SMILES string of the molecule is N#Cc1c(N)n(-c2ccc(C(=O)O)cc2)c2nc3ccccc3nc12. The number of benzene rings is 2. The average molecular weight is 329 g/mol. The van der Waals surface area contributed by atoms with Gasteiger partial charge < -0.3 is 10.8 Å². The van der Waals surface area contributed by atoms with E-state index in [0.717, 1.165) is 0 Å². The van der Waals surface area contributed by atoms with Gasteiger partial charge in [-0.1, -0.05) is 12.1 Å². The molecule has 4 aromatic rings. The number of nitriles is 1. The lowest BCUT2D eigenvalue weighted by Gasteiger charge is -2.08. The monoisotopic (exact) mass is 329 g/mol. The van der Waals surface area contributed by atoms with Crippen LogP contribution in [0, 0.1) is 11.3 Å². The van der Waals surface area contributed by atoms with Gasteiger partial charge in [-0.25, -0.2) is 14.8 Å². The maximum Gasteiger partial charge on any atom is 0.335 e. The number of aromatic carboxylic acids is 1. The number of fused-ring (bicyclic) bond motifs is 2. The van der Waals surface area contributed by atoms with Gasteiger partial charge in [-0.3, -0.25) is 4.57 Å². The summed E-state index contributed by atoms with van der Waals surface area (Å²) in [5.74, 6) is -0.795. The number of carboxylic acids is 1. The predicted molar refractivity (Wildman–Crippen MR) is 92.5 cm³/mol. The molecule has 0 aliphatic rings. The molecule has 0 saturated carbocycles. The number of nitrogens with zero attached hydrogens (tertiary/aromatic N) is 4. The third kappa shape index (κ3) is 2.16. The number of hydrogen-bond acceptors (Lipinski definition) is 5. The third-order valence-electron chi connectivity index (χ3n) is 3.98. The van der Waals surface area contributed by atoms with Gasteiger partial charge in [0.15, 0.2) is 5.65 Å². The van der Waals surface area contributed by atoms with Crippen molar-refractivity contribution in [3.8, 4) is 11.8 Å². The molecule has 2 aromatic carbocycles. The summed E-state index contributed by atoms with van der Waals surface area (Å²) in [4.78, 5) is 20.1. The fourth-order valence-corrected chi connectivity index (χ4v) is 2.79. The Morgan fingerprint density at radius 2 is 1.72 bits per heavy atom. The van der Waals surface area contributed by atoms with Gasteiger partial charge in [0.2, 0.25) is 0 Å². The van der Waals surface area contributed by atoms with Crippen LogP contribution < -0.4 is 5.73 Å². The minimum atomic E-state index is -1.01. The molecule has 0 bridgehead atoms. The normalized spacial score (nSPS) is 10.8. The maximum atomic E-state index is 11.0. The van der Waals surface area contributed by atoms with Crippen LogP contribution in [0.5, 0.6) is 0 Å². The molecule has 0 spiro atoms. The van der Waals surface area contributed by atoms with Crippen LogP contribution in [-0.2, 0) is 0 Å². The number of rotatable bonds is 2. The van der Waals surface area contributed by atoms with Gasteiger partial charge in [0.25, 0.3) is 0 Å². The number of carboxylic acid groups (broad SMARTS) is 1. The van der Waals surface area contributed by atoms with E-state index in [2.05, 4.69) is 16.0 Å². The Labute approximate surface area is 141 Å². The summed E-state index contributed by atoms with van der Waals surface area (Å²) in [6, 6.07) is 15.6. The molecule has 0 atom stereocenters. The van der Waals surface area contributed by atoms with Crippen LogP contribution in [0.15, 0.2) is 48.5 Å². The first kappa shape index (κ1) is 14.7. The lowest BCUT2D eigenvalue weighted by atomic mass is 10.2. The Morgan fingerprint density at radius 3 is 2.32 bits per heavy atom. The first-order valence-electron chi connectivity index (χ1n) is 7.40. The summed E-state index contributed by atoms with van der Waals surface area (Å²) < 4.78 is 1.61. The van der Waals surface area contributed by atoms with Crippen LogP contribution in [0.25, 0.3) is 27.9 Å². The second kappa shape index (κ2) is 5.32. The van der Waals surface area contributed by atoms with Gasteiger partial charge in [-0.2, -0.15) is 5.26 Å². The highest BCUT2D eigenvalue weighted by molar-refractivity contribution is 5.94. The van der Waals surface area contributed by atoms with E-state index in [0.29, 0.717) is 27.9 Å². The Morgan fingerprint density at radius 1 is 1.08 bits per heavy atom. The highest BCUT2D eigenvalue weighted by Gasteiger charge is 2.19. The van der Waals surface area contributed by atoms with Crippen molar-refractivity contribution in [2.75, 3.05) is 5.73 Å². The standard InChI is InChI=1S/C18H11N5O2/c19-9-12-15-17(22-14-4-2-1-3-13(14)21-15)23(16(12)20)11-7-5-10(6-8-11)18(24)25/h1-8H,20H2,(H,24,25). The van der Waals surface area contributed by atoms with Crippen molar-refractivity contribution in [1.82, 2.24) is 14.5 Å². The minimum absolute atomic E-state index is 0.163. The molecule has 0 radical (unpaired) electrons. The fraction of sp³-hybridized carbons (Fsp3) is 0. The number of aromatic nitrogens is 3. The van der Waals surface area contributed by atoms with Gasteiger partial charge >= 0.3 is 5.97 Å². The number of carbonyl (C=O) groups is 1. The van der Waals surface area contributed by atoms with Crippen molar-refractivity contribution < 1.29 is 9.90 Å². The van der Waals surface area contributed by atoms with Crippen LogP contribution in [0.3, 0.4) is 0 Å². The largest absolute Gasteiger partial charge is 0.478 e. The maximum absolute atomic E-state index is 11.0. The number of nitrogens with two attached hydrogens (primary N) is 1. The Balaban J connectivity index is 2.06. The molecule has 0 aliphatic heterocycles. The van der Waals surface area contributed by atoms with Gasteiger partial charge in [0.05, 0.1) is 16.6 Å². The molecule has 0 fully saturated rings. The fourth-order valence-electron chi connectivity index (χ4n) is 2.79. The average Bonchev–Trinajstić information content (AvgIpc) is 2.90. The zero-order valence-corrected chi connectivity index (χ0v) is 12.8. The van der Waals surface area contributed by atoms with Crippen molar-refractivity contribution in [3.63, 3.8) is 0 Å². The molecule has 0 unspecified atom stereocenters. The van der Waals surface area contributed by atoms with E-state index in [9.17, 15) is 10.1 Å². The molecule has 25 heavy (non-hydrogen) atoms. The lowest BCUT2D eigenvalue weighted by Crippen LogP contribution is -2.03. The summed E-state index contributed by atoms with van der Waals surface area (Å²) in [5, 5.41) is 18.5. The van der Waals surface area contributed by atoms with E-state index in [1.165, 1.54) is 12.1 Å². The summed E-state index contributed by atoms with van der Waals surface area (Å²) in [6.45, 7) is 0. The predicted octanol–water partition coefficient (Wildman–Crippen LogP) is 2.73. The van der Waals surface area contributed by atoms with Crippen molar-refractivity contribution in [3.05, 3.63) is 59.7 Å². The Kier molecular flexibility index (Phi) is 3.12. The first-order chi connectivity index (χ1) is 12.1. The minimum Gasteiger partial charge on any atom is -0.478 e. The zero-order valence-electron chi connectivity index (χ0n) is 12.8. The van der Waals surface area contributed by atoms with Crippen molar-refractivity contribution in [1.29, 1.82) is 5.26 Å². The molecule has 2 heterocycles. The van der Waals surface area contributed by atoms with Crippen LogP contribution in [0.2, 0.25) is 0 Å². The number of para-hydroxylation sites is 2. The van der Waals surface area contributed by atoms with Gasteiger partial charge in [-0.15, -0.1) is 0 Å². The van der Waals surface area contributed by atoms with Crippen LogP contribution in [-0.4, -0.2) is 25.6 Å². The molecule has 7 heteroatoms. The third-order valence-corrected chi connectivity index (χ3v) is 3.98. The molecule has 0 amide bonds. The molecule has 120 valence electrons. The molecule has 0 saturated heterocycles. The van der Waals surface area contributed by atoms with E-state index >= 15 is 0 Å². The number of hydrogen-bond donors (Lipinski definition) is 2. The van der Waals surface area contributed by atoms with E-state index in [1.54, 1.807) is 16.7 Å². The smallest absolute Gasteiger partial charge is 0.335 e. The summed E-state index contributed by atoms with van der Waals surface area (Å²) in [7, 11) is 0. The number of nitrogen functional groups attached to an aromatic ring is 1. The van der Waals surface area contributed by atoms with Gasteiger partial charge in [-0.05, 0) is 36.4 Å². The Bertz CT molecular complexity index is 1190. The van der Waals surface area contributed by atoms with E-state index < -0.39 is 5.97 Å². The number of anilines is 1. The van der Waals surface area contributed by atoms with Crippen molar-refractivity contribution in [2.24, 2.45) is 0 Å². The molecular formula is C18H11N5O2. The lowest BCUT2D eigenvalue weighted by molar-refractivity contribution is 0.0697. The van der Waals surface area contributed by atoms with Gasteiger partial charge in [0.1, 0.15) is 23.0 Å². The molecule has 7 nitrogen and oxygen atoms in total. The first-order valence-corrected chi connectivity index (χ1v) is 7.40. The van der Waals surface area contributed by atoms with Crippen molar-refractivity contribution in [2.45, 2.75) is 0 Å². The van der Waals surface area contributed by atoms with Crippen LogP contribution >= 0.6 is 0 Å². The molecule has 3 N–H and O–H groups in total. The van der Waals surface area contributed by atoms with Crippen LogP contribution in [0.4, 0.5) is 5.82 Å². The summed E-state index contributed by atoms with van der Waals surface area (Å²) in [5.41, 5.74) is 9.41. The van der Waals surface area contributed by atoms with Gasteiger partial charge in [0, 0.05) is 5.69 Å². The molecular weight excluding hydrogens is 318 g/mol. The van der Waals surface area contributed by atoms with E-state index in [1.807, 2.05) is 24.3 Å². The van der Waals surface area contributed by atoms with E-state index in [-0.39, 0.29) is 16.9 Å². The molecule has 2 aromatic heterocycles. The van der Waals surface area contributed by atoms with Crippen LogP contribution in [0.1, 0.15) is 15.9 Å². The highest BCUT2D eigenvalue weighted by atomic mass is 16.4. The highest BCUT2D eigenvalue weighted by Crippen LogP contribution is 2.30. The molecule has 0 aliphatic carbocycles. The van der Waals surface area contributed by atoms with Crippen molar-refractivity contribution >= 4 is 34.0 Å². The summed E-state index contributed by atoms with van der Waals surface area (Å²) >= 11 is 0. The molecule has 4 rings (SSSR count). The topological polar surface area (TPSA) is 118 Å². The van der Waals surface area contributed by atoms with E-state index in [4.69, 9.17) is 10.8 Å². The quantitative estimate of drug-likeness (QED) is 0.584. The zero-order chi connectivity index (χ0) is 17.6.